The summed E-state index contributed by atoms with van der Waals surface area (Å²) in [5.74, 6) is -0.941. The molecule has 1 heterocycles. The topological polar surface area (TPSA) is 81.1 Å². The van der Waals surface area contributed by atoms with E-state index in [9.17, 15) is 14.7 Å². The van der Waals surface area contributed by atoms with Crippen LogP contribution in [-0.2, 0) is 4.79 Å². The number of carbonyl (C=O) groups excluding carboxylic acids is 1. The third kappa shape index (κ3) is 2.83. The number of aliphatic hydroxyl groups is 1. The second-order valence-electron chi connectivity index (χ2n) is 5.50. The van der Waals surface area contributed by atoms with Gasteiger partial charge in [-0.1, -0.05) is 12.8 Å². The normalized spacial score (nSPS) is 31.3. The van der Waals surface area contributed by atoms with E-state index in [2.05, 4.69) is 0 Å². The first kappa shape index (κ1) is 14.1. The Morgan fingerprint density at radius 3 is 2.47 bits per heavy atom. The molecule has 1 saturated carbocycles. The minimum atomic E-state index is -0.941. The van der Waals surface area contributed by atoms with E-state index in [4.69, 9.17) is 5.11 Å². The lowest BCUT2D eigenvalue weighted by Crippen LogP contribution is -2.53. The molecule has 2 unspecified atom stereocenters. The Kier molecular flexibility index (Phi) is 4.29. The smallest absolute Gasteiger partial charge is 0.326 e. The molecule has 3 atom stereocenters. The molecule has 1 aliphatic carbocycles. The minimum Gasteiger partial charge on any atom is -0.480 e. The van der Waals surface area contributed by atoms with Gasteiger partial charge in [0.05, 0.1) is 12.1 Å². The zero-order valence-corrected chi connectivity index (χ0v) is 11.3. The van der Waals surface area contributed by atoms with Crippen molar-refractivity contribution in [1.29, 1.82) is 0 Å². The van der Waals surface area contributed by atoms with Crippen molar-refractivity contribution < 1.29 is 19.8 Å². The Bertz CT molecular complexity index is 361. The van der Waals surface area contributed by atoms with Crippen molar-refractivity contribution in [2.45, 2.75) is 56.7 Å². The average molecular weight is 270 g/mol. The number of likely N-dealkylation sites (N-methyl/N-ethyl adjacent to an activating group) is 1. The lowest BCUT2D eigenvalue weighted by Gasteiger charge is -2.37. The number of aliphatic hydroxyl groups excluding tert-OH is 1. The van der Waals surface area contributed by atoms with Crippen LogP contribution in [0.2, 0.25) is 0 Å². The molecular formula is C13H22N2O4. The number of carboxylic acid groups (broad SMARTS) is 1. The van der Waals surface area contributed by atoms with Crippen LogP contribution in [0.5, 0.6) is 0 Å². The zero-order chi connectivity index (χ0) is 14.0. The fraction of sp³-hybridized carbons (Fsp3) is 0.846. The van der Waals surface area contributed by atoms with E-state index >= 15 is 0 Å². The van der Waals surface area contributed by atoms with Crippen LogP contribution < -0.4 is 0 Å². The van der Waals surface area contributed by atoms with Crippen molar-refractivity contribution in [3.8, 4) is 0 Å². The summed E-state index contributed by atoms with van der Waals surface area (Å²) in [5, 5.41) is 19.1. The Morgan fingerprint density at radius 2 is 1.84 bits per heavy atom. The highest BCUT2D eigenvalue weighted by Gasteiger charge is 2.38. The van der Waals surface area contributed by atoms with E-state index in [1.54, 1.807) is 7.05 Å². The van der Waals surface area contributed by atoms with E-state index < -0.39 is 18.1 Å². The summed E-state index contributed by atoms with van der Waals surface area (Å²) >= 11 is 0. The van der Waals surface area contributed by atoms with E-state index in [0.29, 0.717) is 19.4 Å². The van der Waals surface area contributed by atoms with Gasteiger partial charge in [0.1, 0.15) is 6.04 Å². The second-order valence-corrected chi connectivity index (χ2v) is 5.50. The van der Waals surface area contributed by atoms with Gasteiger partial charge in [-0.15, -0.1) is 0 Å². The molecule has 6 nitrogen and oxygen atoms in total. The van der Waals surface area contributed by atoms with E-state index in [1.165, 1.54) is 9.80 Å². The molecule has 1 aliphatic heterocycles. The Balaban J connectivity index is 2.03. The molecule has 0 bridgehead atoms. The number of carboxylic acids is 1. The van der Waals surface area contributed by atoms with E-state index in [0.717, 1.165) is 25.7 Å². The molecule has 108 valence electrons. The number of carbonyl (C=O) groups is 2. The first-order valence-electron chi connectivity index (χ1n) is 6.96. The number of urea groups is 1. The number of hydrogen-bond donors (Lipinski definition) is 2. The lowest BCUT2D eigenvalue weighted by atomic mass is 9.92. The fourth-order valence-electron chi connectivity index (χ4n) is 3.14. The summed E-state index contributed by atoms with van der Waals surface area (Å²) in [6.07, 6.45) is 4.24. The molecule has 2 N–H and O–H groups in total. The van der Waals surface area contributed by atoms with Gasteiger partial charge in [0.15, 0.2) is 0 Å². The number of amides is 2. The third-order valence-electron chi connectivity index (χ3n) is 4.28. The molecular weight excluding hydrogens is 248 g/mol. The number of aliphatic carboxylic acids is 1. The highest BCUT2D eigenvalue weighted by atomic mass is 16.4. The molecule has 2 amide bonds. The standard InChI is InChI=1S/C13H22N2O4/c1-14(9-5-2-3-7-11(9)16)13(19)15-8-4-6-10(15)12(17)18/h9-11,16H,2-8H2,1H3,(H,17,18)/t9?,10-,11?/m0/s1. The maximum absolute atomic E-state index is 12.4. The predicted octanol–water partition coefficient (Wildman–Crippen LogP) is 0.891. The highest BCUT2D eigenvalue weighted by molar-refractivity contribution is 5.83. The highest BCUT2D eigenvalue weighted by Crippen LogP contribution is 2.25. The molecule has 6 heteroatoms. The van der Waals surface area contributed by atoms with Crippen LogP contribution in [-0.4, -0.2) is 63.8 Å². The number of hydrogen-bond acceptors (Lipinski definition) is 3. The summed E-state index contributed by atoms with van der Waals surface area (Å²) in [6.45, 7) is 0.489. The van der Waals surface area contributed by atoms with Crippen LogP contribution in [0.4, 0.5) is 4.79 Å². The molecule has 1 saturated heterocycles. The number of likely N-dealkylation sites (tertiary alicyclic amines) is 1. The maximum Gasteiger partial charge on any atom is 0.326 e. The Labute approximate surface area is 113 Å². The van der Waals surface area contributed by atoms with Gasteiger partial charge >= 0.3 is 12.0 Å². The first-order valence-corrected chi connectivity index (χ1v) is 6.96. The summed E-state index contributed by atoms with van der Waals surface area (Å²) in [7, 11) is 1.67. The molecule has 2 aliphatic rings. The van der Waals surface area contributed by atoms with Crippen LogP contribution >= 0.6 is 0 Å². The number of rotatable bonds is 2. The van der Waals surface area contributed by atoms with Crippen LogP contribution in [0.25, 0.3) is 0 Å². The van der Waals surface area contributed by atoms with Gasteiger partial charge in [0, 0.05) is 13.6 Å². The molecule has 2 rings (SSSR count). The third-order valence-corrected chi connectivity index (χ3v) is 4.28. The van der Waals surface area contributed by atoms with Crippen molar-refractivity contribution in [3.63, 3.8) is 0 Å². The van der Waals surface area contributed by atoms with Gasteiger partial charge < -0.3 is 20.0 Å². The summed E-state index contributed by atoms with van der Waals surface area (Å²) in [4.78, 5) is 26.5. The van der Waals surface area contributed by atoms with Gasteiger partial charge in [-0.25, -0.2) is 9.59 Å². The fourth-order valence-corrected chi connectivity index (χ4v) is 3.14. The van der Waals surface area contributed by atoms with Crippen molar-refractivity contribution >= 4 is 12.0 Å². The monoisotopic (exact) mass is 270 g/mol. The van der Waals surface area contributed by atoms with Crippen LogP contribution in [0.15, 0.2) is 0 Å². The van der Waals surface area contributed by atoms with Gasteiger partial charge in [0.2, 0.25) is 0 Å². The minimum absolute atomic E-state index is 0.184. The SMILES string of the molecule is CN(C(=O)N1CCC[C@H]1C(=O)O)C1CCCCC1O. The number of nitrogens with zero attached hydrogens (tertiary/aromatic N) is 2. The summed E-state index contributed by atoms with van der Waals surface area (Å²) in [6, 6.07) is -1.16. The van der Waals surface area contributed by atoms with Gasteiger partial charge in [0.25, 0.3) is 0 Å². The van der Waals surface area contributed by atoms with E-state index in [1.807, 2.05) is 0 Å². The maximum atomic E-state index is 12.4. The van der Waals surface area contributed by atoms with Crippen molar-refractivity contribution in [2.24, 2.45) is 0 Å². The van der Waals surface area contributed by atoms with Gasteiger partial charge in [-0.2, -0.15) is 0 Å². The zero-order valence-electron chi connectivity index (χ0n) is 11.3. The summed E-state index contributed by atoms with van der Waals surface area (Å²) < 4.78 is 0. The van der Waals surface area contributed by atoms with Gasteiger partial charge in [-0.05, 0) is 25.7 Å². The second kappa shape index (κ2) is 5.77. The van der Waals surface area contributed by atoms with Crippen molar-refractivity contribution in [1.82, 2.24) is 9.80 Å². The van der Waals surface area contributed by atoms with Crippen LogP contribution in [0, 0.1) is 0 Å². The lowest BCUT2D eigenvalue weighted by molar-refractivity contribution is -0.141. The Hall–Kier alpha value is -1.30. The summed E-state index contributed by atoms with van der Waals surface area (Å²) in [5.41, 5.74) is 0. The van der Waals surface area contributed by atoms with Gasteiger partial charge in [-0.3, -0.25) is 0 Å². The molecule has 0 radical (unpaired) electrons. The van der Waals surface area contributed by atoms with Crippen LogP contribution in [0.1, 0.15) is 38.5 Å². The Morgan fingerprint density at radius 1 is 1.16 bits per heavy atom. The molecule has 2 fully saturated rings. The quantitative estimate of drug-likeness (QED) is 0.781. The molecule has 0 aromatic carbocycles. The van der Waals surface area contributed by atoms with E-state index in [-0.39, 0.29) is 12.1 Å². The van der Waals surface area contributed by atoms with Crippen molar-refractivity contribution in [2.75, 3.05) is 13.6 Å². The largest absolute Gasteiger partial charge is 0.480 e. The molecule has 19 heavy (non-hydrogen) atoms. The predicted molar refractivity (Wildman–Crippen MR) is 68.8 cm³/mol. The average Bonchev–Trinajstić information content (AvgIpc) is 2.87. The molecule has 0 aromatic rings. The first-order chi connectivity index (χ1) is 9.02. The molecule has 0 aromatic heterocycles. The van der Waals surface area contributed by atoms with Crippen molar-refractivity contribution in [3.05, 3.63) is 0 Å². The van der Waals surface area contributed by atoms with Crippen LogP contribution in [0.3, 0.4) is 0 Å². The molecule has 0 spiro atoms.